The van der Waals surface area contributed by atoms with Crippen molar-refractivity contribution >= 4 is 15.6 Å². The third kappa shape index (κ3) is 3.90. The van der Waals surface area contributed by atoms with E-state index in [9.17, 15) is 17.6 Å². The number of benzene rings is 1. The van der Waals surface area contributed by atoms with Gasteiger partial charge in [-0.25, -0.2) is 12.8 Å². The molecular weight excluding hydrogens is 341 g/mol. The fraction of sp³-hybridized carbons (Fsp3) is 0.500. The summed E-state index contributed by atoms with van der Waals surface area (Å²) in [7, 11) is -3.66. The van der Waals surface area contributed by atoms with Gasteiger partial charge in [-0.3, -0.25) is 4.79 Å². The molecular formula is C14H16FN3O5S. The lowest BCUT2D eigenvalue weighted by Gasteiger charge is -2.18. The maximum Gasteiger partial charge on any atom is 0.277 e. The Morgan fingerprint density at radius 3 is 2.79 bits per heavy atom. The van der Waals surface area contributed by atoms with Gasteiger partial charge in [0.15, 0.2) is 9.84 Å². The van der Waals surface area contributed by atoms with Crippen LogP contribution in [-0.4, -0.2) is 52.7 Å². The Hall–Kier alpha value is -2.00. The molecule has 0 fully saturated rings. The first kappa shape index (κ1) is 18.3. The van der Waals surface area contributed by atoms with E-state index in [-0.39, 0.29) is 43.2 Å². The van der Waals surface area contributed by atoms with Gasteiger partial charge in [-0.2, -0.15) is 0 Å². The van der Waals surface area contributed by atoms with Gasteiger partial charge in [-0.05, 0) is 17.2 Å². The molecule has 24 heavy (non-hydrogen) atoms. The minimum atomic E-state index is -3.66. The lowest BCUT2D eigenvalue weighted by atomic mass is 10.1. The first-order valence-electron chi connectivity index (χ1n) is 7.08. The number of alkyl halides is 1. The number of sulfone groups is 1. The lowest BCUT2D eigenvalue weighted by Crippen LogP contribution is -2.35. The van der Waals surface area contributed by atoms with E-state index in [2.05, 4.69) is 10.0 Å². The molecule has 0 saturated heterocycles. The SMILES string of the molecule is CS(=O)(=O)c1cccc2c1C(=O)C(F)(OCCOCCN=[N+]=[N-])C2. The zero-order valence-corrected chi connectivity index (χ0v) is 13.8. The molecule has 10 heteroatoms. The van der Waals surface area contributed by atoms with E-state index in [1.807, 2.05) is 0 Å². The fourth-order valence-electron chi connectivity index (χ4n) is 2.43. The van der Waals surface area contributed by atoms with E-state index < -0.39 is 21.5 Å². The maximum absolute atomic E-state index is 14.8. The second kappa shape index (κ2) is 7.27. The van der Waals surface area contributed by atoms with Crippen LogP contribution in [0.1, 0.15) is 15.9 Å². The van der Waals surface area contributed by atoms with Gasteiger partial charge in [0.1, 0.15) is 0 Å². The number of carbonyl (C=O) groups excluding carboxylic acids is 1. The van der Waals surface area contributed by atoms with E-state index in [4.69, 9.17) is 15.0 Å². The zero-order chi connectivity index (χ0) is 17.8. The Bertz CT molecular complexity index is 792. The summed E-state index contributed by atoms with van der Waals surface area (Å²) in [5, 5.41) is 3.26. The fourth-order valence-corrected chi connectivity index (χ4v) is 3.35. The van der Waals surface area contributed by atoms with Crippen molar-refractivity contribution in [1.29, 1.82) is 0 Å². The summed E-state index contributed by atoms with van der Waals surface area (Å²) in [6.07, 6.45) is 0.621. The highest BCUT2D eigenvalue weighted by molar-refractivity contribution is 7.90. The van der Waals surface area contributed by atoms with Crippen molar-refractivity contribution < 1.29 is 27.1 Å². The van der Waals surface area contributed by atoms with E-state index in [0.29, 0.717) is 5.56 Å². The van der Waals surface area contributed by atoms with Gasteiger partial charge in [-0.1, -0.05) is 17.2 Å². The van der Waals surface area contributed by atoms with Crippen molar-refractivity contribution in [2.45, 2.75) is 17.2 Å². The highest BCUT2D eigenvalue weighted by Crippen LogP contribution is 2.37. The number of ether oxygens (including phenoxy) is 2. The largest absolute Gasteiger partial charge is 0.379 e. The van der Waals surface area contributed by atoms with Gasteiger partial charge < -0.3 is 9.47 Å². The van der Waals surface area contributed by atoms with Crippen LogP contribution in [0.5, 0.6) is 0 Å². The van der Waals surface area contributed by atoms with Crippen molar-refractivity contribution in [2.75, 3.05) is 32.6 Å². The quantitative estimate of drug-likeness (QED) is 0.304. The van der Waals surface area contributed by atoms with E-state index in [0.717, 1.165) is 6.26 Å². The second-order valence-corrected chi connectivity index (χ2v) is 7.20. The molecule has 0 amide bonds. The number of hydrogen-bond acceptors (Lipinski definition) is 6. The molecule has 1 aliphatic carbocycles. The van der Waals surface area contributed by atoms with Crippen molar-refractivity contribution in [3.05, 3.63) is 39.8 Å². The molecule has 8 nitrogen and oxygen atoms in total. The first-order valence-corrected chi connectivity index (χ1v) is 8.97. The first-order chi connectivity index (χ1) is 11.3. The van der Waals surface area contributed by atoms with Crippen LogP contribution in [0.3, 0.4) is 0 Å². The predicted molar refractivity (Wildman–Crippen MR) is 82.2 cm³/mol. The minimum absolute atomic E-state index is 0.00910. The topological polar surface area (TPSA) is 118 Å². The molecule has 1 unspecified atom stereocenters. The normalized spacial score (nSPS) is 19.8. The molecule has 1 aliphatic rings. The lowest BCUT2D eigenvalue weighted by molar-refractivity contribution is -0.117. The van der Waals surface area contributed by atoms with Crippen LogP contribution in [0.4, 0.5) is 4.39 Å². The molecule has 0 aromatic heterocycles. The van der Waals surface area contributed by atoms with Gasteiger partial charge in [-0.15, -0.1) is 0 Å². The minimum Gasteiger partial charge on any atom is -0.379 e. The Balaban J connectivity index is 2.03. The van der Waals surface area contributed by atoms with Gasteiger partial charge in [0.05, 0.1) is 24.7 Å². The average molecular weight is 357 g/mol. The van der Waals surface area contributed by atoms with Gasteiger partial charge >= 0.3 is 0 Å². The van der Waals surface area contributed by atoms with Gasteiger partial charge in [0.25, 0.3) is 5.85 Å². The molecule has 1 aromatic carbocycles. The summed E-state index contributed by atoms with van der Waals surface area (Å²) in [6.45, 7) is 0.106. The summed E-state index contributed by atoms with van der Waals surface area (Å²) in [5.74, 6) is -3.59. The van der Waals surface area contributed by atoms with Crippen molar-refractivity contribution in [2.24, 2.45) is 5.11 Å². The number of nitrogens with zero attached hydrogens (tertiary/aromatic N) is 3. The Morgan fingerprint density at radius 1 is 1.38 bits per heavy atom. The molecule has 0 N–H and O–H groups in total. The van der Waals surface area contributed by atoms with Crippen molar-refractivity contribution in [3.63, 3.8) is 0 Å². The van der Waals surface area contributed by atoms with E-state index >= 15 is 0 Å². The molecule has 1 atom stereocenters. The number of Topliss-reactive ketones (excluding diaryl/α,β-unsaturated/α-hetero) is 1. The Morgan fingerprint density at radius 2 is 2.12 bits per heavy atom. The monoisotopic (exact) mass is 357 g/mol. The molecule has 0 bridgehead atoms. The molecule has 1 aromatic rings. The van der Waals surface area contributed by atoms with Crippen LogP contribution < -0.4 is 0 Å². The van der Waals surface area contributed by atoms with E-state index in [1.165, 1.54) is 18.2 Å². The van der Waals surface area contributed by atoms with Crippen LogP contribution in [-0.2, 0) is 25.7 Å². The molecule has 0 spiro atoms. The summed E-state index contributed by atoms with van der Waals surface area (Å²) in [5.41, 5.74) is 8.24. The van der Waals surface area contributed by atoms with E-state index in [1.54, 1.807) is 0 Å². The average Bonchev–Trinajstić information content (AvgIpc) is 2.77. The number of azide groups is 1. The smallest absolute Gasteiger partial charge is 0.277 e. The number of hydrogen-bond donors (Lipinski definition) is 0. The highest BCUT2D eigenvalue weighted by Gasteiger charge is 2.49. The molecule has 0 aliphatic heterocycles. The summed E-state index contributed by atoms with van der Waals surface area (Å²) < 4.78 is 48.4. The predicted octanol–water partition coefficient (Wildman–Crippen LogP) is 1.84. The van der Waals surface area contributed by atoms with Crippen LogP contribution >= 0.6 is 0 Å². The van der Waals surface area contributed by atoms with Crippen LogP contribution in [0, 0.1) is 0 Å². The second-order valence-electron chi connectivity index (χ2n) is 5.21. The van der Waals surface area contributed by atoms with Crippen molar-refractivity contribution in [3.8, 4) is 0 Å². The van der Waals surface area contributed by atoms with Gasteiger partial charge in [0.2, 0.25) is 5.78 Å². The standard InChI is InChI=1S/C14H16FN3O5S/c1-24(20,21)11-4-2-3-10-9-14(15,13(19)12(10)11)23-8-7-22-6-5-17-18-16/h2-4H,5-9H2,1H3. The summed E-state index contributed by atoms with van der Waals surface area (Å²) in [4.78, 5) is 14.7. The van der Waals surface area contributed by atoms with Crippen LogP contribution in [0.2, 0.25) is 0 Å². The number of ketones is 1. The van der Waals surface area contributed by atoms with Crippen LogP contribution in [0.15, 0.2) is 28.2 Å². The third-order valence-electron chi connectivity index (χ3n) is 3.45. The molecule has 130 valence electrons. The Kier molecular flexibility index (Phi) is 5.55. The molecule has 0 saturated carbocycles. The summed E-state index contributed by atoms with van der Waals surface area (Å²) in [6, 6.07) is 4.24. The molecule has 0 heterocycles. The Labute approximate surface area is 138 Å². The van der Waals surface area contributed by atoms with Crippen molar-refractivity contribution in [1.82, 2.24) is 0 Å². The van der Waals surface area contributed by atoms with Crippen LogP contribution in [0.25, 0.3) is 10.4 Å². The number of fused-ring (bicyclic) bond motifs is 1. The number of halogens is 1. The molecule has 0 radical (unpaired) electrons. The number of rotatable bonds is 8. The van der Waals surface area contributed by atoms with Gasteiger partial charge in [0, 0.05) is 29.7 Å². The maximum atomic E-state index is 14.8. The number of carbonyl (C=O) groups is 1. The molecule has 2 rings (SSSR count). The zero-order valence-electron chi connectivity index (χ0n) is 12.9. The summed E-state index contributed by atoms with van der Waals surface area (Å²) >= 11 is 0. The third-order valence-corrected chi connectivity index (χ3v) is 4.59. The highest BCUT2D eigenvalue weighted by atomic mass is 32.2.